The number of sulfone groups is 1. The van der Waals surface area contributed by atoms with Gasteiger partial charge in [0.2, 0.25) is 11.8 Å². The fourth-order valence-corrected chi connectivity index (χ4v) is 5.25. The van der Waals surface area contributed by atoms with E-state index in [1.165, 1.54) is 14.0 Å². The first kappa shape index (κ1) is 21.4. The number of hydrogen-bond acceptors (Lipinski definition) is 5. The predicted octanol–water partition coefficient (Wildman–Crippen LogP) is 3.19. The molecule has 1 heterocycles. The first-order chi connectivity index (χ1) is 14.8. The van der Waals surface area contributed by atoms with Crippen LogP contribution in [0.15, 0.2) is 47.4 Å². The van der Waals surface area contributed by atoms with Gasteiger partial charge in [0.1, 0.15) is 5.75 Å². The van der Waals surface area contributed by atoms with Gasteiger partial charge in [0, 0.05) is 36.3 Å². The van der Waals surface area contributed by atoms with Gasteiger partial charge in [-0.3, -0.25) is 9.59 Å². The van der Waals surface area contributed by atoms with Crippen LogP contribution in [-0.2, 0) is 25.8 Å². The molecule has 1 N–H and O–H groups in total. The molecule has 0 saturated heterocycles. The quantitative estimate of drug-likeness (QED) is 0.711. The highest BCUT2D eigenvalue weighted by atomic mass is 32.2. The van der Waals surface area contributed by atoms with Crippen LogP contribution in [0.1, 0.15) is 31.7 Å². The number of benzene rings is 2. The van der Waals surface area contributed by atoms with Crippen LogP contribution in [0.25, 0.3) is 0 Å². The van der Waals surface area contributed by atoms with Crippen LogP contribution >= 0.6 is 0 Å². The summed E-state index contributed by atoms with van der Waals surface area (Å²) in [5, 5.41) is 1.83. The molecule has 0 radical (unpaired) electrons. The number of amides is 2. The highest BCUT2D eigenvalue weighted by Gasteiger charge is 2.37. The van der Waals surface area contributed by atoms with E-state index in [2.05, 4.69) is 5.32 Å². The molecule has 0 aromatic heterocycles. The molecule has 1 unspecified atom stereocenters. The second-order valence-electron chi connectivity index (χ2n) is 8.14. The minimum Gasteiger partial charge on any atom is -0.497 e. The fourth-order valence-electron chi connectivity index (χ4n) is 3.85. The maximum absolute atomic E-state index is 13.1. The monoisotopic (exact) mass is 442 g/mol. The third-order valence-corrected chi connectivity index (χ3v) is 7.96. The van der Waals surface area contributed by atoms with Gasteiger partial charge in [-0.15, -0.1) is 0 Å². The summed E-state index contributed by atoms with van der Waals surface area (Å²) < 4.78 is 31.3. The Bertz CT molecular complexity index is 1120. The highest BCUT2D eigenvalue weighted by molar-refractivity contribution is 7.92. The molecule has 0 spiro atoms. The molecule has 1 atom stereocenters. The first-order valence-corrected chi connectivity index (χ1v) is 12.0. The van der Waals surface area contributed by atoms with Gasteiger partial charge in [-0.2, -0.15) is 0 Å². The molecular weight excluding hydrogens is 416 g/mol. The Hall–Kier alpha value is -2.87. The molecule has 2 amide bonds. The molecule has 1 saturated carbocycles. The van der Waals surface area contributed by atoms with Crippen molar-refractivity contribution in [2.24, 2.45) is 5.92 Å². The van der Waals surface area contributed by atoms with Gasteiger partial charge in [0.15, 0.2) is 9.84 Å². The maximum atomic E-state index is 13.1. The van der Waals surface area contributed by atoms with Crippen molar-refractivity contribution >= 4 is 33.0 Å². The lowest BCUT2D eigenvalue weighted by Gasteiger charge is -2.18. The van der Waals surface area contributed by atoms with E-state index >= 15 is 0 Å². The third kappa shape index (κ3) is 4.44. The van der Waals surface area contributed by atoms with Crippen molar-refractivity contribution in [3.8, 4) is 5.75 Å². The van der Waals surface area contributed by atoms with E-state index < -0.39 is 15.1 Å². The Morgan fingerprint density at radius 3 is 2.68 bits per heavy atom. The average Bonchev–Trinajstić information content (AvgIpc) is 3.52. The lowest BCUT2D eigenvalue weighted by Crippen LogP contribution is -2.30. The molecule has 1 aliphatic carbocycles. The summed E-state index contributed by atoms with van der Waals surface area (Å²) in [5.41, 5.74) is 2.22. The number of methoxy groups -OCH3 is 1. The summed E-state index contributed by atoms with van der Waals surface area (Å²) in [6.45, 7) is 2.13. The maximum Gasteiger partial charge on any atom is 0.230 e. The fraction of sp³-hybridized carbons (Fsp3) is 0.391. The van der Waals surface area contributed by atoms with E-state index in [4.69, 9.17) is 4.74 Å². The van der Waals surface area contributed by atoms with E-state index in [1.807, 2.05) is 0 Å². The third-order valence-electron chi connectivity index (χ3n) is 5.82. The summed E-state index contributed by atoms with van der Waals surface area (Å²) in [6, 6.07) is 11.8. The number of anilines is 2. The van der Waals surface area contributed by atoms with E-state index in [-0.39, 0.29) is 29.0 Å². The largest absolute Gasteiger partial charge is 0.497 e. The number of rotatable bonds is 7. The minimum atomic E-state index is -3.69. The van der Waals surface area contributed by atoms with Gasteiger partial charge in [0.25, 0.3) is 0 Å². The number of carbonyl (C=O) groups is 2. The molecule has 8 heteroatoms. The van der Waals surface area contributed by atoms with Crippen molar-refractivity contribution in [2.45, 2.75) is 42.8 Å². The van der Waals surface area contributed by atoms with Crippen LogP contribution in [0.4, 0.5) is 11.4 Å². The van der Waals surface area contributed by atoms with E-state index in [0.717, 1.165) is 24.1 Å². The van der Waals surface area contributed by atoms with Crippen molar-refractivity contribution in [1.29, 1.82) is 0 Å². The van der Waals surface area contributed by atoms with Crippen LogP contribution in [0, 0.1) is 5.92 Å². The summed E-state index contributed by atoms with van der Waals surface area (Å²) in [4.78, 5) is 26.8. The van der Waals surface area contributed by atoms with Gasteiger partial charge >= 0.3 is 0 Å². The van der Waals surface area contributed by atoms with Crippen LogP contribution in [-0.4, -0.2) is 39.1 Å². The zero-order valence-corrected chi connectivity index (χ0v) is 18.4. The zero-order valence-electron chi connectivity index (χ0n) is 17.6. The van der Waals surface area contributed by atoms with E-state index in [0.29, 0.717) is 24.4 Å². The molecule has 2 aromatic rings. The van der Waals surface area contributed by atoms with Crippen LogP contribution < -0.4 is 15.0 Å². The van der Waals surface area contributed by atoms with Crippen LogP contribution in [0.2, 0.25) is 0 Å². The Morgan fingerprint density at radius 1 is 1.19 bits per heavy atom. The topological polar surface area (TPSA) is 92.8 Å². The second-order valence-corrected chi connectivity index (χ2v) is 10.5. The Labute approximate surface area is 182 Å². The average molecular weight is 443 g/mol. The smallest absolute Gasteiger partial charge is 0.230 e. The number of nitrogens with zero attached hydrogens (tertiary/aromatic N) is 1. The molecule has 1 fully saturated rings. The van der Waals surface area contributed by atoms with Crippen LogP contribution in [0.3, 0.4) is 0 Å². The molecule has 4 rings (SSSR count). The zero-order chi connectivity index (χ0) is 22.2. The highest BCUT2D eigenvalue weighted by Crippen LogP contribution is 2.37. The van der Waals surface area contributed by atoms with Gasteiger partial charge in [-0.05, 0) is 62.1 Å². The Kier molecular flexibility index (Phi) is 5.75. The predicted molar refractivity (Wildman–Crippen MR) is 118 cm³/mol. The van der Waals surface area contributed by atoms with Crippen LogP contribution in [0.5, 0.6) is 5.75 Å². The summed E-state index contributed by atoms with van der Waals surface area (Å²) in [5.74, 6) is 0.479. The van der Waals surface area contributed by atoms with E-state index in [9.17, 15) is 18.0 Å². The van der Waals surface area contributed by atoms with Gasteiger partial charge in [-0.25, -0.2) is 8.42 Å². The molecule has 1 aliphatic heterocycles. The Balaban J connectivity index is 1.45. The molecule has 2 aromatic carbocycles. The standard InChI is InChI=1S/C23H26N2O5S/c1-15(12-22(26)24-18-4-3-5-19(14-18)30-2)31(28,29)20-8-9-21-17(13-20)10-11-25(21)23(27)16-6-7-16/h3-5,8-9,13-16H,6-7,10-12H2,1-2H3,(H,24,26). The number of ether oxygens (including phenoxy) is 1. The first-order valence-electron chi connectivity index (χ1n) is 10.4. The molecular formula is C23H26N2O5S. The van der Waals surface area contributed by atoms with Gasteiger partial charge < -0.3 is 15.0 Å². The molecule has 164 valence electrons. The summed E-state index contributed by atoms with van der Waals surface area (Å²) in [6.07, 6.45) is 2.35. The van der Waals surface area contributed by atoms with Crippen molar-refractivity contribution in [2.75, 3.05) is 23.9 Å². The van der Waals surface area contributed by atoms with Gasteiger partial charge in [0.05, 0.1) is 17.3 Å². The lowest BCUT2D eigenvalue weighted by atomic mass is 10.2. The SMILES string of the molecule is COc1cccc(NC(=O)CC(C)S(=O)(=O)c2ccc3c(c2)CCN3C(=O)C2CC2)c1. The molecule has 7 nitrogen and oxygen atoms in total. The number of fused-ring (bicyclic) bond motifs is 1. The normalized spacial score (nSPS) is 16.5. The Morgan fingerprint density at radius 2 is 1.97 bits per heavy atom. The van der Waals surface area contributed by atoms with Gasteiger partial charge in [-0.1, -0.05) is 6.07 Å². The minimum absolute atomic E-state index is 0.123. The van der Waals surface area contributed by atoms with Crippen molar-refractivity contribution in [3.05, 3.63) is 48.0 Å². The number of nitrogens with one attached hydrogen (secondary N) is 1. The van der Waals surface area contributed by atoms with E-state index in [1.54, 1.807) is 47.4 Å². The lowest BCUT2D eigenvalue weighted by molar-refractivity contribution is -0.119. The summed E-state index contributed by atoms with van der Waals surface area (Å²) in [7, 11) is -2.16. The molecule has 31 heavy (non-hydrogen) atoms. The van der Waals surface area contributed by atoms with Crippen molar-refractivity contribution < 1.29 is 22.7 Å². The summed E-state index contributed by atoms with van der Waals surface area (Å²) >= 11 is 0. The van der Waals surface area contributed by atoms with Crippen molar-refractivity contribution in [3.63, 3.8) is 0 Å². The number of carbonyl (C=O) groups excluding carboxylic acids is 2. The second kappa shape index (κ2) is 8.34. The molecule has 2 aliphatic rings. The number of hydrogen-bond donors (Lipinski definition) is 1. The van der Waals surface area contributed by atoms with Crippen molar-refractivity contribution in [1.82, 2.24) is 0 Å². The molecule has 0 bridgehead atoms.